The molecular weight excluding hydrogens is 252 g/mol. The van der Waals surface area contributed by atoms with Crippen molar-refractivity contribution in [2.24, 2.45) is 0 Å². The lowest BCUT2D eigenvalue weighted by Crippen LogP contribution is -3.12. The van der Waals surface area contributed by atoms with Gasteiger partial charge in [-0.25, -0.2) is 0 Å². The van der Waals surface area contributed by atoms with Crippen molar-refractivity contribution in [3.63, 3.8) is 0 Å². The first-order valence-corrected chi connectivity index (χ1v) is 7.65. The molecule has 1 aliphatic heterocycles. The van der Waals surface area contributed by atoms with E-state index in [9.17, 15) is 4.79 Å². The predicted molar refractivity (Wildman–Crippen MR) is 80.3 cm³/mol. The number of rotatable bonds is 5. The zero-order valence-electron chi connectivity index (χ0n) is 12.3. The molecule has 2 N–H and O–H groups in total. The summed E-state index contributed by atoms with van der Waals surface area (Å²) in [6.45, 7) is 5.33. The topological polar surface area (TPSA) is 42.8 Å². The first kappa shape index (κ1) is 14.9. The lowest BCUT2D eigenvalue weighted by atomic mass is 10.2. The number of carbonyl (C=O) groups is 1. The lowest BCUT2D eigenvalue weighted by molar-refractivity contribution is -0.890. The second-order valence-corrected chi connectivity index (χ2v) is 5.32. The molecule has 1 aliphatic rings. The Hall–Kier alpha value is -1.55. The molecule has 2 rings (SSSR count). The average molecular weight is 277 g/mol. The number of carbonyl (C=O) groups excluding carboxylic acids is 1. The van der Waals surface area contributed by atoms with Gasteiger partial charge >= 0.3 is 0 Å². The summed E-state index contributed by atoms with van der Waals surface area (Å²) in [6.07, 6.45) is 5.08. The van der Waals surface area contributed by atoms with Crippen molar-refractivity contribution in [2.75, 3.05) is 31.6 Å². The largest absolute Gasteiger partial charge is 0.492 e. The highest BCUT2D eigenvalue weighted by atomic mass is 16.5. The molecule has 0 radical (unpaired) electrons. The molecule has 0 atom stereocenters. The Morgan fingerprint density at radius 2 is 1.90 bits per heavy atom. The fraction of sp³-hybridized carbons (Fsp3) is 0.562. The lowest BCUT2D eigenvalue weighted by Gasteiger charge is -2.17. The minimum absolute atomic E-state index is 0.0778. The van der Waals surface area contributed by atoms with Crippen LogP contribution in [0.5, 0.6) is 5.75 Å². The van der Waals surface area contributed by atoms with Gasteiger partial charge in [0.25, 0.3) is 5.91 Å². The Balaban J connectivity index is 1.90. The van der Waals surface area contributed by atoms with E-state index >= 15 is 0 Å². The number of ether oxygens (including phenoxy) is 1. The monoisotopic (exact) mass is 277 g/mol. The predicted octanol–water partition coefficient (Wildman–Crippen LogP) is 1.48. The number of likely N-dealkylation sites (tertiary alicyclic amines) is 1. The van der Waals surface area contributed by atoms with Gasteiger partial charge in [0.2, 0.25) is 0 Å². The number of hydrogen-bond donors (Lipinski definition) is 2. The summed E-state index contributed by atoms with van der Waals surface area (Å²) in [4.78, 5) is 13.6. The SMILES string of the molecule is CCOc1ccccc1NC(=O)C[NH+]1CCCCCC1. The van der Waals surface area contributed by atoms with Crippen molar-refractivity contribution in [1.29, 1.82) is 0 Å². The summed E-state index contributed by atoms with van der Waals surface area (Å²) < 4.78 is 5.53. The van der Waals surface area contributed by atoms with Crippen LogP contribution in [0.3, 0.4) is 0 Å². The van der Waals surface area contributed by atoms with Crippen LogP contribution < -0.4 is 15.0 Å². The van der Waals surface area contributed by atoms with Crippen LogP contribution in [-0.2, 0) is 4.79 Å². The fourth-order valence-electron chi connectivity index (χ4n) is 2.68. The molecular formula is C16H25N2O2+. The third kappa shape index (κ3) is 4.53. The number of nitrogens with one attached hydrogen (secondary N) is 2. The van der Waals surface area contributed by atoms with Gasteiger partial charge in [0, 0.05) is 0 Å². The van der Waals surface area contributed by atoms with Crippen LogP contribution in [0.1, 0.15) is 32.6 Å². The Labute approximate surface area is 121 Å². The maximum absolute atomic E-state index is 12.2. The molecule has 0 aliphatic carbocycles. The highest BCUT2D eigenvalue weighted by Gasteiger charge is 2.17. The van der Waals surface area contributed by atoms with Gasteiger partial charge in [0.05, 0.1) is 25.4 Å². The van der Waals surface area contributed by atoms with Gasteiger partial charge < -0.3 is 15.0 Å². The molecule has 0 saturated carbocycles. The van der Waals surface area contributed by atoms with E-state index in [-0.39, 0.29) is 5.91 Å². The van der Waals surface area contributed by atoms with Crippen molar-refractivity contribution in [3.8, 4) is 5.75 Å². The summed E-state index contributed by atoms with van der Waals surface area (Å²) in [7, 11) is 0. The molecule has 1 amide bonds. The van der Waals surface area contributed by atoms with E-state index in [0.717, 1.165) is 24.5 Å². The van der Waals surface area contributed by atoms with Gasteiger partial charge in [0.1, 0.15) is 5.75 Å². The van der Waals surface area contributed by atoms with Crippen LogP contribution in [0.2, 0.25) is 0 Å². The second kappa shape index (κ2) is 7.90. The smallest absolute Gasteiger partial charge is 0.279 e. The van der Waals surface area contributed by atoms with Gasteiger partial charge in [-0.3, -0.25) is 4.79 Å². The van der Waals surface area contributed by atoms with Gasteiger partial charge in [-0.2, -0.15) is 0 Å². The molecule has 1 heterocycles. The number of anilines is 1. The van der Waals surface area contributed by atoms with Crippen LogP contribution in [0.25, 0.3) is 0 Å². The molecule has 0 unspecified atom stereocenters. The normalized spacial score (nSPS) is 16.4. The van der Waals surface area contributed by atoms with E-state index < -0.39 is 0 Å². The van der Waals surface area contributed by atoms with Crippen molar-refractivity contribution in [2.45, 2.75) is 32.6 Å². The van der Waals surface area contributed by atoms with Gasteiger partial charge in [-0.15, -0.1) is 0 Å². The van der Waals surface area contributed by atoms with Crippen molar-refractivity contribution < 1.29 is 14.4 Å². The van der Waals surface area contributed by atoms with E-state index in [4.69, 9.17) is 4.74 Å². The van der Waals surface area contributed by atoms with Crippen molar-refractivity contribution in [3.05, 3.63) is 24.3 Å². The van der Waals surface area contributed by atoms with Crippen LogP contribution in [0, 0.1) is 0 Å². The van der Waals surface area contributed by atoms with Crippen LogP contribution in [0.15, 0.2) is 24.3 Å². The van der Waals surface area contributed by atoms with Crippen LogP contribution in [-0.4, -0.2) is 32.1 Å². The van der Waals surface area contributed by atoms with E-state index in [1.807, 2.05) is 31.2 Å². The summed E-state index contributed by atoms with van der Waals surface area (Å²) >= 11 is 0. The maximum atomic E-state index is 12.2. The molecule has 4 nitrogen and oxygen atoms in total. The summed E-state index contributed by atoms with van der Waals surface area (Å²) in [6, 6.07) is 7.61. The number of benzene rings is 1. The summed E-state index contributed by atoms with van der Waals surface area (Å²) in [5.74, 6) is 0.822. The van der Waals surface area contributed by atoms with Gasteiger partial charge in [-0.05, 0) is 44.7 Å². The number of quaternary nitrogens is 1. The second-order valence-electron chi connectivity index (χ2n) is 5.32. The molecule has 0 aromatic heterocycles. The van der Waals surface area contributed by atoms with Gasteiger partial charge in [0.15, 0.2) is 6.54 Å². The number of para-hydroxylation sites is 2. The first-order chi connectivity index (χ1) is 9.79. The summed E-state index contributed by atoms with van der Waals surface area (Å²) in [5, 5.41) is 2.98. The molecule has 20 heavy (non-hydrogen) atoms. The third-order valence-electron chi connectivity index (χ3n) is 3.68. The van der Waals surface area contributed by atoms with Crippen molar-refractivity contribution in [1.82, 2.24) is 0 Å². The number of amides is 1. The molecule has 1 aromatic rings. The standard InChI is InChI=1S/C16H24N2O2/c1-2-20-15-10-6-5-9-14(15)17-16(19)13-18-11-7-3-4-8-12-18/h5-6,9-10H,2-4,7-8,11-13H2,1H3,(H,17,19)/p+1. The Morgan fingerprint density at radius 3 is 2.60 bits per heavy atom. The summed E-state index contributed by atoms with van der Waals surface area (Å²) in [5.41, 5.74) is 0.772. The molecule has 0 bridgehead atoms. The Bertz CT molecular complexity index is 426. The van der Waals surface area contributed by atoms with Gasteiger partial charge in [-0.1, -0.05) is 12.1 Å². The molecule has 1 saturated heterocycles. The zero-order valence-corrected chi connectivity index (χ0v) is 12.3. The minimum Gasteiger partial charge on any atom is -0.492 e. The van der Waals surface area contributed by atoms with Crippen LogP contribution >= 0.6 is 0 Å². The quantitative estimate of drug-likeness (QED) is 0.856. The zero-order chi connectivity index (χ0) is 14.2. The molecule has 0 spiro atoms. The first-order valence-electron chi connectivity index (χ1n) is 7.65. The van der Waals surface area contributed by atoms with Crippen LogP contribution in [0.4, 0.5) is 5.69 Å². The highest BCUT2D eigenvalue weighted by Crippen LogP contribution is 2.23. The highest BCUT2D eigenvalue weighted by molar-refractivity contribution is 5.92. The molecule has 4 heteroatoms. The van der Waals surface area contributed by atoms with Crippen molar-refractivity contribution >= 4 is 11.6 Å². The average Bonchev–Trinajstić information content (AvgIpc) is 2.70. The van der Waals surface area contributed by atoms with E-state index in [2.05, 4.69) is 5.32 Å². The van der Waals surface area contributed by atoms with E-state index in [1.54, 1.807) is 0 Å². The molecule has 1 fully saturated rings. The third-order valence-corrected chi connectivity index (χ3v) is 3.68. The fourth-order valence-corrected chi connectivity index (χ4v) is 2.68. The Morgan fingerprint density at radius 1 is 1.20 bits per heavy atom. The molecule has 110 valence electrons. The Kier molecular flexibility index (Phi) is 5.87. The number of hydrogen-bond acceptors (Lipinski definition) is 2. The minimum atomic E-state index is 0.0778. The van der Waals surface area contributed by atoms with E-state index in [1.165, 1.54) is 30.6 Å². The van der Waals surface area contributed by atoms with E-state index in [0.29, 0.717) is 13.2 Å². The molecule has 1 aromatic carbocycles. The maximum Gasteiger partial charge on any atom is 0.279 e.